The molecule has 0 aromatic heterocycles. The smallest absolute Gasteiger partial charge is 0.178 e. The number of sulfone groups is 1. The van der Waals surface area contributed by atoms with Gasteiger partial charge in [0.2, 0.25) is 0 Å². The Morgan fingerprint density at radius 3 is 2.21 bits per heavy atom. The van der Waals surface area contributed by atoms with Gasteiger partial charge in [0.05, 0.1) is 10.6 Å². The highest BCUT2D eigenvalue weighted by atomic mass is 32.2. The second kappa shape index (κ2) is 6.85. The van der Waals surface area contributed by atoms with E-state index in [-0.39, 0.29) is 11.5 Å². The summed E-state index contributed by atoms with van der Waals surface area (Å²) < 4.78 is 23.9. The average Bonchev–Trinajstić information content (AvgIpc) is 2.36. The average molecular weight is 282 g/mol. The van der Waals surface area contributed by atoms with E-state index in [1.165, 1.54) is 0 Å². The van der Waals surface area contributed by atoms with Gasteiger partial charge in [-0.05, 0) is 24.5 Å². The van der Waals surface area contributed by atoms with E-state index in [1.807, 2.05) is 20.8 Å². The van der Waals surface area contributed by atoms with E-state index >= 15 is 0 Å². The highest BCUT2D eigenvalue weighted by molar-refractivity contribution is 7.91. The van der Waals surface area contributed by atoms with Crippen molar-refractivity contribution in [3.8, 4) is 0 Å². The fourth-order valence-corrected chi connectivity index (χ4v) is 3.24. The van der Waals surface area contributed by atoms with Gasteiger partial charge < -0.3 is 0 Å². The molecule has 19 heavy (non-hydrogen) atoms. The zero-order valence-corrected chi connectivity index (χ0v) is 12.7. The lowest BCUT2D eigenvalue weighted by Crippen LogP contribution is -2.08. The molecule has 0 saturated carbocycles. The maximum absolute atomic E-state index is 12.0. The first-order chi connectivity index (χ1) is 8.86. The van der Waals surface area contributed by atoms with E-state index in [1.54, 1.807) is 24.3 Å². The number of benzene rings is 1. The van der Waals surface area contributed by atoms with Crippen molar-refractivity contribution in [1.82, 2.24) is 0 Å². The van der Waals surface area contributed by atoms with Crippen LogP contribution in [-0.2, 0) is 9.84 Å². The molecule has 0 unspecified atom stereocenters. The summed E-state index contributed by atoms with van der Waals surface area (Å²) >= 11 is 0. The molecule has 0 saturated heterocycles. The van der Waals surface area contributed by atoms with Crippen molar-refractivity contribution >= 4 is 15.6 Å². The van der Waals surface area contributed by atoms with Gasteiger partial charge in [-0.3, -0.25) is 4.79 Å². The van der Waals surface area contributed by atoms with Gasteiger partial charge in [0.1, 0.15) is 0 Å². The first-order valence-electron chi connectivity index (χ1n) is 6.73. The third kappa shape index (κ3) is 4.78. The fraction of sp³-hybridized carbons (Fsp3) is 0.533. The van der Waals surface area contributed by atoms with Crippen molar-refractivity contribution < 1.29 is 13.2 Å². The highest BCUT2D eigenvalue weighted by Crippen LogP contribution is 2.16. The molecular formula is C15H22O3S. The Morgan fingerprint density at radius 2 is 1.74 bits per heavy atom. The van der Waals surface area contributed by atoms with Crippen LogP contribution in [0, 0.1) is 5.92 Å². The molecule has 1 aromatic carbocycles. The molecular weight excluding hydrogens is 260 g/mol. The lowest BCUT2D eigenvalue weighted by atomic mass is 10.0. The fourth-order valence-electron chi connectivity index (χ4n) is 1.79. The maximum Gasteiger partial charge on any atom is 0.178 e. The summed E-state index contributed by atoms with van der Waals surface area (Å²) in [5.74, 6) is 0.538. The third-order valence-corrected chi connectivity index (χ3v) is 4.71. The molecule has 0 amide bonds. The molecule has 0 spiro atoms. The SMILES string of the molecule is CCCCS(=O)(=O)c1ccc(C(=O)CC(C)C)cc1. The van der Waals surface area contributed by atoms with Crippen molar-refractivity contribution in [3.05, 3.63) is 29.8 Å². The number of carbonyl (C=O) groups excluding carboxylic acids is 1. The van der Waals surface area contributed by atoms with Gasteiger partial charge in [-0.2, -0.15) is 0 Å². The third-order valence-electron chi connectivity index (χ3n) is 2.90. The van der Waals surface area contributed by atoms with Gasteiger partial charge in [-0.1, -0.05) is 39.3 Å². The second-order valence-corrected chi connectivity index (χ2v) is 7.33. The zero-order valence-electron chi connectivity index (χ0n) is 11.8. The first-order valence-corrected chi connectivity index (χ1v) is 8.38. The summed E-state index contributed by atoms with van der Waals surface area (Å²) in [6.45, 7) is 5.94. The predicted molar refractivity (Wildman–Crippen MR) is 77.2 cm³/mol. The van der Waals surface area contributed by atoms with E-state index in [9.17, 15) is 13.2 Å². The molecule has 4 heteroatoms. The minimum atomic E-state index is -3.20. The van der Waals surface area contributed by atoms with Crippen LogP contribution in [0.4, 0.5) is 0 Å². The number of Topliss-reactive ketones (excluding diaryl/α,β-unsaturated/α-hetero) is 1. The van der Waals surface area contributed by atoms with Crippen LogP contribution in [0.3, 0.4) is 0 Å². The minimum Gasteiger partial charge on any atom is -0.294 e. The Bertz CT molecular complexity index is 513. The van der Waals surface area contributed by atoms with Crippen molar-refractivity contribution in [3.63, 3.8) is 0 Å². The molecule has 0 aliphatic heterocycles. The topological polar surface area (TPSA) is 51.2 Å². The van der Waals surface area contributed by atoms with Crippen LogP contribution in [0.5, 0.6) is 0 Å². The quantitative estimate of drug-likeness (QED) is 0.719. The largest absolute Gasteiger partial charge is 0.294 e. The van der Waals surface area contributed by atoms with Gasteiger partial charge in [0.15, 0.2) is 15.6 Å². The maximum atomic E-state index is 12.0. The Labute approximate surface area is 116 Å². The predicted octanol–water partition coefficient (Wildman–Crippen LogP) is 3.49. The second-order valence-electron chi connectivity index (χ2n) is 5.22. The summed E-state index contributed by atoms with van der Waals surface area (Å²) in [7, 11) is -3.20. The van der Waals surface area contributed by atoms with E-state index in [2.05, 4.69) is 0 Å². The highest BCUT2D eigenvalue weighted by Gasteiger charge is 2.15. The molecule has 0 N–H and O–H groups in total. The Hall–Kier alpha value is -1.16. The van der Waals surface area contributed by atoms with Crippen LogP contribution in [0.15, 0.2) is 29.2 Å². The lowest BCUT2D eigenvalue weighted by Gasteiger charge is -2.06. The molecule has 0 heterocycles. The van der Waals surface area contributed by atoms with Gasteiger partial charge in [0, 0.05) is 12.0 Å². The van der Waals surface area contributed by atoms with Crippen LogP contribution >= 0.6 is 0 Å². The zero-order chi connectivity index (χ0) is 14.5. The Balaban J connectivity index is 2.84. The lowest BCUT2D eigenvalue weighted by molar-refractivity contribution is 0.0968. The minimum absolute atomic E-state index is 0.0625. The van der Waals surface area contributed by atoms with E-state index < -0.39 is 9.84 Å². The molecule has 0 aliphatic carbocycles. The van der Waals surface area contributed by atoms with Crippen molar-refractivity contribution in [2.75, 3.05) is 5.75 Å². The molecule has 0 aliphatic rings. The first kappa shape index (κ1) is 15.9. The van der Waals surface area contributed by atoms with E-state index in [0.29, 0.717) is 29.2 Å². The Morgan fingerprint density at radius 1 is 1.16 bits per heavy atom. The van der Waals surface area contributed by atoms with Crippen molar-refractivity contribution in [2.45, 2.75) is 44.9 Å². The number of rotatable bonds is 7. The van der Waals surface area contributed by atoms with Crippen LogP contribution in [0.2, 0.25) is 0 Å². The molecule has 0 bridgehead atoms. The van der Waals surface area contributed by atoms with Crippen LogP contribution < -0.4 is 0 Å². The van der Waals surface area contributed by atoms with Crippen molar-refractivity contribution in [1.29, 1.82) is 0 Å². The molecule has 3 nitrogen and oxygen atoms in total. The number of hydrogen-bond acceptors (Lipinski definition) is 3. The van der Waals surface area contributed by atoms with E-state index in [4.69, 9.17) is 0 Å². The summed E-state index contributed by atoms with van der Waals surface area (Å²) in [6, 6.07) is 6.31. The number of carbonyl (C=O) groups is 1. The molecule has 1 aromatic rings. The van der Waals surface area contributed by atoms with Gasteiger partial charge in [-0.15, -0.1) is 0 Å². The monoisotopic (exact) mass is 282 g/mol. The summed E-state index contributed by atoms with van der Waals surface area (Å²) in [5, 5.41) is 0. The molecule has 0 fully saturated rings. The molecule has 0 atom stereocenters. The van der Waals surface area contributed by atoms with Crippen molar-refractivity contribution in [2.24, 2.45) is 5.92 Å². The number of ketones is 1. The molecule has 1 rings (SSSR count). The van der Waals surface area contributed by atoms with Gasteiger partial charge in [0.25, 0.3) is 0 Å². The van der Waals surface area contributed by atoms with Crippen LogP contribution in [-0.4, -0.2) is 20.0 Å². The van der Waals surface area contributed by atoms with Crippen LogP contribution in [0.25, 0.3) is 0 Å². The molecule has 106 valence electrons. The number of unbranched alkanes of at least 4 members (excludes halogenated alkanes) is 1. The summed E-state index contributed by atoms with van der Waals surface area (Å²) in [5.41, 5.74) is 0.586. The standard InChI is InChI=1S/C15H22O3S/c1-4-5-10-19(17,18)14-8-6-13(7-9-14)15(16)11-12(2)3/h6-9,12H,4-5,10-11H2,1-3H3. The van der Waals surface area contributed by atoms with Crippen LogP contribution in [0.1, 0.15) is 50.4 Å². The van der Waals surface area contributed by atoms with Gasteiger partial charge >= 0.3 is 0 Å². The van der Waals surface area contributed by atoms with Gasteiger partial charge in [-0.25, -0.2) is 8.42 Å². The molecule has 0 radical (unpaired) electrons. The normalized spacial score (nSPS) is 11.8. The summed E-state index contributed by atoms with van der Waals surface area (Å²) in [4.78, 5) is 12.1. The Kier molecular flexibility index (Phi) is 5.73. The summed E-state index contributed by atoms with van der Waals surface area (Å²) in [6.07, 6.45) is 2.00. The van der Waals surface area contributed by atoms with E-state index in [0.717, 1.165) is 6.42 Å². The number of hydrogen-bond donors (Lipinski definition) is 0.